The van der Waals surface area contributed by atoms with Gasteiger partial charge >= 0.3 is 6.09 Å². The van der Waals surface area contributed by atoms with E-state index in [9.17, 15) is 4.79 Å². The Morgan fingerprint density at radius 1 is 1.70 bits per heavy atom. The molecule has 0 aromatic heterocycles. The van der Waals surface area contributed by atoms with E-state index in [1.807, 2.05) is 0 Å². The van der Waals surface area contributed by atoms with Crippen molar-refractivity contribution < 1.29 is 14.6 Å². The van der Waals surface area contributed by atoms with Crippen molar-refractivity contribution in [1.29, 1.82) is 0 Å². The Hall–Kier alpha value is -0.770. The standard InChI is InChI=1S/C6H13NO3/c1-5(2)7(4-10-3)6(8)9/h5H,4H2,1-3H3,(H,8,9). The number of ether oxygens (including phenoxy) is 1. The van der Waals surface area contributed by atoms with E-state index in [2.05, 4.69) is 4.74 Å². The topological polar surface area (TPSA) is 49.8 Å². The molecule has 4 heteroatoms. The van der Waals surface area contributed by atoms with Gasteiger partial charge in [0.15, 0.2) is 0 Å². The van der Waals surface area contributed by atoms with Gasteiger partial charge in [0, 0.05) is 13.2 Å². The largest absolute Gasteiger partial charge is 0.465 e. The number of methoxy groups -OCH3 is 1. The van der Waals surface area contributed by atoms with Crippen LogP contribution in [0.2, 0.25) is 0 Å². The Morgan fingerprint density at radius 3 is 2.30 bits per heavy atom. The number of carboxylic acid groups (broad SMARTS) is 1. The summed E-state index contributed by atoms with van der Waals surface area (Å²) in [6, 6.07) is -0.0301. The van der Waals surface area contributed by atoms with Crippen LogP contribution in [0, 0.1) is 0 Å². The van der Waals surface area contributed by atoms with Crippen molar-refractivity contribution in [2.75, 3.05) is 13.8 Å². The van der Waals surface area contributed by atoms with Crippen molar-refractivity contribution >= 4 is 6.09 Å². The average molecular weight is 147 g/mol. The molecule has 0 atom stereocenters. The van der Waals surface area contributed by atoms with Crippen molar-refractivity contribution in [1.82, 2.24) is 4.90 Å². The molecule has 4 nitrogen and oxygen atoms in total. The third kappa shape index (κ3) is 2.68. The number of hydrogen-bond acceptors (Lipinski definition) is 2. The zero-order chi connectivity index (χ0) is 8.15. The minimum Gasteiger partial charge on any atom is -0.465 e. The van der Waals surface area contributed by atoms with Gasteiger partial charge in [0.1, 0.15) is 6.73 Å². The first-order valence-electron chi connectivity index (χ1n) is 3.08. The van der Waals surface area contributed by atoms with E-state index in [1.54, 1.807) is 13.8 Å². The molecule has 0 saturated heterocycles. The molecule has 0 aromatic rings. The van der Waals surface area contributed by atoms with Gasteiger partial charge < -0.3 is 9.84 Å². The van der Waals surface area contributed by atoms with Crippen LogP contribution in [0.5, 0.6) is 0 Å². The lowest BCUT2D eigenvalue weighted by atomic mass is 10.4. The second-order valence-electron chi connectivity index (χ2n) is 2.26. The molecule has 10 heavy (non-hydrogen) atoms. The molecule has 0 unspecified atom stereocenters. The molecule has 0 aliphatic carbocycles. The summed E-state index contributed by atoms with van der Waals surface area (Å²) < 4.78 is 4.67. The van der Waals surface area contributed by atoms with Crippen molar-refractivity contribution in [3.8, 4) is 0 Å². The molecule has 60 valence electrons. The highest BCUT2D eigenvalue weighted by atomic mass is 16.5. The maximum absolute atomic E-state index is 10.4. The summed E-state index contributed by atoms with van der Waals surface area (Å²) in [5.74, 6) is 0. The fourth-order valence-electron chi connectivity index (χ4n) is 0.564. The molecule has 0 radical (unpaired) electrons. The quantitative estimate of drug-likeness (QED) is 0.605. The predicted molar refractivity (Wildman–Crippen MR) is 36.9 cm³/mol. The van der Waals surface area contributed by atoms with Crippen LogP contribution in [-0.4, -0.2) is 36.0 Å². The molecule has 0 aromatic carbocycles. The zero-order valence-electron chi connectivity index (χ0n) is 6.50. The molecule has 0 heterocycles. The first-order valence-corrected chi connectivity index (χ1v) is 3.08. The number of amides is 1. The van der Waals surface area contributed by atoms with Crippen molar-refractivity contribution in [2.24, 2.45) is 0 Å². The van der Waals surface area contributed by atoms with Gasteiger partial charge in [0.25, 0.3) is 0 Å². The summed E-state index contributed by atoms with van der Waals surface area (Å²) in [6.45, 7) is 3.73. The summed E-state index contributed by atoms with van der Waals surface area (Å²) in [5.41, 5.74) is 0. The molecule has 0 saturated carbocycles. The van der Waals surface area contributed by atoms with E-state index in [-0.39, 0.29) is 12.8 Å². The molecule has 0 fully saturated rings. The molecule has 0 rings (SSSR count). The van der Waals surface area contributed by atoms with Gasteiger partial charge in [0.05, 0.1) is 0 Å². The monoisotopic (exact) mass is 147 g/mol. The van der Waals surface area contributed by atoms with Gasteiger partial charge in [-0.05, 0) is 13.8 Å². The maximum atomic E-state index is 10.4. The van der Waals surface area contributed by atoms with Crippen LogP contribution < -0.4 is 0 Å². The molecule has 1 amide bonds. The molecule has 0 bridgehead atoms. The normalized spacial score (nSPS) is 10.0. The fourth-order valence-corrected chi connectivity index (χ4v) is 0.564. The maximum Gasteiger partial charge on any atom is 0.409 e. The van der Waals surface area contributed by atoms with Crippen molar-refractivity contribution in [3.63, 3.8) is 0 Å². The van der Waals surface area contributed by atoms with Crippen LogP contribution in [0.25, 0.3) is 0 Å². The Morgan fingerprint density at radius 2 is 2.20 bits per heavy atom. The van der Waals surface area contributed by atoms with Gasteiger partial charge in [-0.25, -0.2) is 4.79 Å². The zero-order valence-corrected chi connectivity index (χ0v) is 6.50. The van der Waals surface area contributed by atoms with Gasteiger partial charge in [-0.3, -0.25) is 4.90 Å². The smallest absolute Gasteiger partial charge is 0.409 e. The lowest BCUT2D eigenvalue weighted by molar-refractivity contribution is 0.0442. The van der Waals surface area contributed by atoms with Crippen LogP contribution in [0.4, 0.5) is 4.79 Å². The summed E-state index contributed by atoms with van der Waals surface area (Å²) in [4.78, 5) is 11.6. The SMILES string of the molecule is COCN(C(=O)O)C(C)C. The third-order valence-electron chi connectivity index (χ3n) is 1.14. The third-order valence-corrected chi connectivity index (χ3v) is 1.14. The highest BCUT2D eigenvalue weighted by molar-refractivity contribution is 5.65. The summed E-state index contributed by atoms with van der Waals surface area (Å²) in [6.07, 6.45) is -0.947. The second-order valence-corrected chi connectivity index (χ2v) is 2.26. The molecular weight excluding hydrogens is 134 g/mol. The first kappa shape index (κ1) is 9.23. The van der Waals surface area contributed by atoms with Gasteiger partial charge in [-0.1, -0.05) is 0 Å². The fraction of sp³-hybridized carbons (Fsp3) is 0.833. The second kappa shape index (κ2) is 4.11. The van der Waals surface area contributed by atoms with Crippen LogP contribution in [0.3, 0.4) is 0 Å². The number of rotatable bonds is 3. The van der Waals surface area contributed by atoms with Crippen LogP contribution in [-0.2, 0) is 4.74 Å². The van der Waals surface area contributed by atoms with E-state index >= 15 is 0 Å². The van der Waals surface area contributed by atoms with Crippen LogP contribution in [0.1, 0.15) is 13.8 Å². The highest BCUT2D eigenvalue weighted by Gasteiger charge is 2.13. The number of nitrogens with zero attached hydrogens (tertiary/aromatic N) is 1. The van der Waals surface area contributed by atoms with Crippen LogP contribution >= 0.6 is 0 Å². The van der Waals surface area contributed by atoms with Gasteiger partial charge in [0.2, 0.25) is 0 Å². The van der Waals surface area contributed by atoms with Gasteiger partial charge in [-0.15, -0.1) is 0 Å². The number of carbonyl (C=O) groups is 1. The molecule has 0 spiro atoms. The first-order chi connectivity index (χ1) is 4.59. The highest BCUT2D eigenvalue weighted by Crippen LogP contribution is 1.97. The van der Waals surface area contributed by atoms with Crippen molar-refractivity contribution in [3.05, 3.63) is 0 Å². The number of hydrogen-bond donors (Lipinski definition) is 1. The van der Waals surface area contributed by atoms with Gasteiger partial charge in [-0.2, -0.15) is 0 Å². The summed E-state index contributed by atoms with van der Waals surface area (Å²) >= 11 is 0. The van der Waals surface area contributed by atoms with E-state index in [1.165, 1.54) is 12.0 Å². The lowest BCUT2D eigenvalue weighted by Gasteiger charge is -2.21. The van der Waals surface area contributed by atoms with Crippen molar-refractivity contribution in [2.45, 2.75) is 19.9 Å². The lowest BCUT2D eigenvalue weighted by Crippen LogP contribution is -2.37. The molecule has 0 aliphatic rings. The molecular formula is C6H13NO3. The minimum absolute atomic E-state index is 0.0301. The van der Waals surface area contributed by atoms with E-state index < -0.39 is 6.09 Å². The predicted octanol–water partition coefficient (Wildman–Crippen LogP) is 0.979. The average Bonchev–Trinajstić information content (AvgIpc) is 1.81. The van der Waals surface area contributed by atoms with E-state index in [0.717, 1.165) is 0 Å². The molecule has 1 N–H and O–H groups in total. The minimum atomic E-state index is -0.947. The Bertz CT molecular complexity index is 114. The van der Waals surface area contributed by atoms with E-state index in [4.69, 9.17) is 5.11 Å². The summed E-state index contributed by atoms with van der Waals surface area (Å²) in [7, 11) is 1.47. The van der Waals surface area contributed by atoms with E-state index in [0.29, 0.717) is 0 Å². The Balaban J connectivity index is 3.85. The molecule has 0 aliphatic heterocycles. The Labute approximate surface area is 60.4 Å². The summed E-state index contributed by atoms with van der Waals surface area (Å²) in [5, 5.41) is 8.52. The van der Waals surface area contributed by atoms with Crippen LogP contribution in [0.15, 0.2) is 0 Å². The Kier molecular flexibility index (Phi) is 3.79.